The van der Waals surface area contributed by atoms with E-state index in [1.54, 1.807) is 7.11 Å². The summed E-state index contributed by atoms with van der Waals surface area (Å²) in [4.78, 5) is 12.9. The number of hydrogen-bond acceptors (Lipinski definition) is 3. The maximum Gasteiger partial charge on any atom is 0.263 e. The third kappa shape index (κ3) is 2.50. The first-order valence-corrected chi connectivity index (χ1v) is 7.95. The summed E-state index contributed by atoms with van der Waals surface area (Å²) in [5, 5.41) is 4.54. The number of nitrogens with one attached hydrogen (secondary N) is 1. The first kappa shape index (κ1) is 13.7. The number of thiophene rings is 1. The van der Waals surface area contributed by atoms with E-state index in [4.69, 9.17) is 16.3 Å². The zero-order valence-corrected chi connectivity index (χ0v) is 12.8. The summed E-state index contributed by atoms with van der Waals surface area (Å²) in [6.45, 7) is 0. The minimum Gasteiger partial charge on any atom is -0.497 e. The quantitative estimate of drug-likeness (QED) is 0.921. The fourth-order valence-electron chi connectivity index (χ4n) is 2.64. The van der Waals surface area contributed by atoms with E-state index in [1.807, 2.05) is 18.2 Å². The number of rotatable bonds is 3. The zero-order chi connectivity index (χ0) is 14.1. The molecule has 1 aliphatic rings. The minimum atomic E-state index is -0.0536. The number of ether oxygens (including phenoxy) is 1. The number of amides is 1. The molecule has 0 atom stereocenters. The molecule has 2 aromatic rings. The highest BCUT2D eigenvalue weighted by Crippen LogP contribution is 2.37. The Morgan fingerprint density at radius 1 is 1.40 bits per heavy atom. The van der Waals surface area contributed by atoms with Crippen LogP contribution in [-0.4, -0.2) is 19.1 Å². The molecule has 1 saturated carbocycles. The van der Waals surface area contributed by atoms with Crippen molar-refractivity contribution in [2.24, 2.45) is 0 Å². The van der Waals surface area contributed by atoms with Crippen LogP contribution in [0.25, 0.3) is 10.1 Å². The van der Waals surface area contributed by atoms with Gasteiger partial charge in [0.1, 0.15) is 10.6 Å². The number of hydrogen-bond donors (Lipinski definition) is 1. The van der Waals surface area contributed by atoms with Gasteiger partial charge in [0.15, 0.2) is 0 Å². The van der Waals surface area contributed by atoms with E-state index < -0.39 is 0 Å². The SMILES string of the molecule is COc1ccc2c(Cl)c(C(=O)NC3CCCC3)sc2c1. The Morgan fingerprint density at radius 3 is 2.85 bits per heavy atom. The molecular formula is C15H16ClNO2S. The minimum absolute atomic E-state index is 0.0536. The Labute approximate surface area is 126 Å². The van der Waals surface area contributed by atoms with E-state index in [2.05, 4.69) is 5.32 Å². The molecule has 0 radical (unpaired) electrons. The lowest BCUT2D eigenvalue weighted by Crippen LogP contribution is -2.32. The standard InChI is InChI=1S/C15H16ClNO2S/c1-19-10-6-7-11-12(8-10)20-14(13(11)16)15(18)17-9-4-2-3-5-9/h6-9H,2-5H2,1H3,(H,17,18). The molecule has 1 aromatic carbocycles. The second-order valence-electron chi connectivity index (χ2n) is 5.06. The molecule has 3 rings (SSSR count). The number of carbonyl (C=O) groups is 1. The maximum atomic E-state index is 12.3. The lowest BCUT2D eigenvalue weighted by atomic mass is 10.2. The number of carbonyl (C=O) groups excluding carboxylic acids is 1. The monoisotopic (exact) mass is 309 g/mol. The van der Waals surface area contributed by atoms with Gasteiger partial charge in [-0.25, -0.2) is 0 Å². The molecule has 0 unspecified atom stereocenters. The number of methoxy groups -OCH3 is 1. The summed E-state index contributed by atoms with van der Waals surface area (Å²) < 4.78 is 6.18. The van der Waals surface area contributed by atoms with Gasteiger partial charge in [-0.2, -0.15) is 0 Å². The van der Waals surface area contributed by atoms with Crippen molar-refractivity contribution in [1.82, 2.24) is 5.32 Å². The van der Waals surface area contributed by atoms with Crippen molar-refractivity contribution in [3.8, 4) is 5.75 Å². The van der Waals surface area contributed by atoms with Crippen LogP contribution >= 0.6 is 22.9 Å². The van der Waals surface area contributed by atoms with Gasteiger partial charge in [-0.1, -0.05) is 24.4 Å². The van der Waals surface area contributed by atoms with Gasteiger partial charge in [-0.3, -0.25) is 4.79 Å². The summed E-state index contributed by atoms with van der Waals surface area (Å²) in [6.07, 6.45) is 4.54. The molecule has 0 spiro atoms. The normalized spacial score (nSPS) is 15.7. The number of fused-ring (bicyclic) bond motifs is 1. The van der Waals surface area contributed by atoms with Crippen LogP contribution in [0.4, 0.5) is 0 Å². The molecule has 106 valence electrons. The first-order chi connectivity index (χ1) is 9.69. The number of halogens is 1. The molecule has 1 aromatic heterocycles. The van der Waals surface area contributed by atoms with Crippen molar-refractivity contribution >= 4 is 38.9 Å². The van der Waals surface area contributed by atoms with Crippen LogP contribution in [0.5, 0.6) is 5.75 Å². The second kappa shape index (κ2) is 5.62. The van der Waals surface area contributed by atoms with Crippen LogP contribution in [0.2, 0.25) is 5.02 Å². The molecule has 0 aliphatic heterocycles. The average molecular weight is 310 g/mol. The van der Waals surface area contributed by atoms with Gasteiger partial charge >= 0.3 is 0 Å². The molecule has 20 heavy (non-hydrogen) atoms. The van der Waals surface area contributed by atoms with E-state index in [-0.39, 0.29) is 5.91 Å². The predicted octanol–water partition coefficient (Wildman–Crippen LogP) is 4.24. The molecule has 5 heteroatoms. The average Bonchev–Trinajstić information content (AvgIpc) is 3.06. The molecule has 1 amide bonds. The van der Waals surface area contributed by atoms with Crippen molar-refractivity contribution in [2.45, 2.75) is 31.7 Å². The summed E-state index contributed by atoms with van der Waals surface area (Å²) in [6, 6.07) is 5.98. The smallest absolute Gasteiger partial charge is 0.263 e. The van der Waals surface area contributed by atoms with Crippen molar-refractivity contribution in [1.29, 1.82) is 0 Å². The van der Waals surface area contributed by atoms with E-state index >= 15 is 0 Å². The van der Waals surface area contributed by atoms with Crippen LogP contribution in [0.3, 0.4) is 0 Å². The number of benzene rings is 1. The van der Waals surface area contributed by atoms with Gasteiger partial charge in [0, 0.05) is 16.1 Å². The van der Waals surface area contributed by atoms with E-state index in [0.29, 0.717) is 15.9 Å². The fraction of sp³-hybridized carbons (Fsp3) is 0.400. The van der Waals surface area contributed by atoms with E-state index in [1.165, 1.54) is 24.2 Å². The molecule has 1 N–H and O–H groups in total. The lowest BCUT2D eigenvalue weighted by molar-refractivity contribution is 0.0942. The third-order valence-electron chi connectivity index (χ3n) is 3.73. The van der Waals surface area contributed by atoms with Crippen LogP contribution in [0, 0.1) is 0 Å². The topological polar surface area (TPSA) is 38.3 Å². The molecule has 1 aliphatic carbocycles. The summed E-state index contributed by atoms with van der Waals surface area (Å²) >= 11 is 7.76. The van der Waals surface area contributed by atoms with Gasteiger partial charge < -0.3 is 10.1 Å². The highest BCUT2D eigenvalue weighted by molar-refractivity contribution is 7.21. The van der Waals surface area contributed by atoms with Crippen molar-refractivity contribution < 1.29 is 9.53 Å². The third-order valence-corrected chi connectivity index (χ3v) is 5.39. The van der Waals surface area contributed by atoms with Gasteiger partial charge in [0.2, 0.25) is 0 Å². The van der Waals surface area contributed by atoms with Crippen LogP contribution in [0.15, 0.2) is 18.2 Å². The van der Waals surface area contributed by atoms with E-state index in [9.17, 15) is 4.79 Å². The van der Waals surface area contributed by atoms with Crippen LogP contribution in [-0.2, 0) is 0 Å². The van der Waals surface area contributed by atoms with Crippen LogP contribution in [0.1, 0.15) is 35.4 Å². The molecule has 0 saturated heterocycles. The molecular weight excluding hydrogens is 294 g/mol. The van der Waals surface area contributed by atoms with Gasteiger partial charge in [0.05, 0.1) is 12.1 Å². The summed E-state index contributed by atoms with van der Waals surface area (Å²) in [7, 11) is 1.63. The Kier molecular flexibility index (Phi) is 3.85. The van der Waals surface area contributed by atoms with Gasteiger partial charge in [-0.15, -0.1) is 11.3 Å². The van der Waals surface area contributed by atoms with Crippen molar-refractivity contribution in [3.63, 3.8) is 0 Å². The highest BCUT2D eigenvalue weighted by atomic mass is 35.5. The first-order valence-electron chi connectivity index (χ1n) is 6.76. The Hall–Kier alpha value is -1.26. The Bertz CT molecular complexity index is 647. The largest absolute Gasteiger partial charge is 0.497 e. The predicted molar refractivity (Wildman–Crippen MR) is 83.1 cm³/mol. The molecule has 3 nitrogen and oxygen atoms in total. The van der Waals surface area contributed by atoms with Crippen molar-refractivity contribution in [2.75, 3.05) is 7.11 Å². The van der Waals surface area contributed by atoms with Crippen molar-refractivity contribution in [3.05, 3.63) is 28.1 Å². The molecule has 1 heterocycles. The Balaban J connectivity index is 1.90. The molecule has 1 fully saturated rings. The van der Waals surface area contributed by atoms with Gasteiger partial charge in [0.25, 0.3) is 5.91 Å². The highest BCUT2D eigenvalue weighted by Gasteiger charge is 2.22. The summed E-state index contributed by atoms with van der Waals surface area (Å²) in [5.74, 6) is 0.722. The zero-order valence-electron chi connectivity index (χ0n) is 11.2. The Morgan fingerprint density at radius 2 is 2.15 bits per heavy atom. The van der Waals surface area contributed by atoms with Gasteiger partial charge in [-0.05, 0) is 31.0 Å². The molecule has 0 bridgehead atoms. The second-order valence-corrected chi connectivity index (χ2v) is 6.49. The lowest BCUT2D eigenvalue weighted by Gasteiger charge is -2.10. The summed E-state index contributed by atoms with van der Waals surface area (Å²) in [5.41, 5.74) is 0. The van der Waals surface area contributed by atoms with Crippen LogP contribution < -0.4 is 10.1 Å². The fourth-order valence-corrected chi connectivity index (χ4v) is 4.09. The maximum absolute atomic E-state index is 12.3. The van der Waals surface area contributed by atoms with E-state index in [0.717, 1.165) is 28.7 Å².